The summed E-state index contributed by atoms with van der Waals surface area (Å²) in [7, 11) is 0. The van der Waals surface area contributed by atoms with Crippen LogP contribution in [0.5, 0.6) is 0 Å². The third-order valence-electron chi connectivity index (χ3n) is 4.56. The van der Waals surface area contributed by atoms with Gasteiger partial charge in [0.1, 0.15) is 24.1 Å². The first-order valence-corrected chi connectivity index (χ1v) is 8.13. The van der Waals surface area contributed by atoms with Crippen LogP contribution in [0, 0.1) is 0 Å². The number of ether oxygens (including phenoxy) is 1. The second kappa shape index (κ2) is 6.40. The number of rotatable bonds is 4. The van der Waals surface area contributed by atoms with Crippen LogP contribution in [-0.2, 0) is 11.2 Å². The predicted molar refractivity (Wildman–Crippen MR) is 90.4 cm³/mol. The molecule has 0 aliphatic carbocycles. The molecule has 1 aromatic carbocycles. The minimum Gasteiger partial charge on any atom is -0.388 e. The lowest BCUT2D eigenvalue weighted by Crippen LogP contribution is -2.31. The molecule has 25 heavy (non-hydrogen) atoms. The van der Waals surface area contributed by atoms with Gasteiger partial charge in [0.15, 0.2) is 17.7 Å². The molecule has 1 aliphatic heterocycles. The van der Waals surface area contributed by atoms with E-state index in [1.807, 2.05) is 30.3 Å². The molecule has 0 amide bonds. The van der Waals surface area contributed by atoms with E-state index >= 15 is 0 Å². The van der Waals surface area contributed by atoms with Crippen LogP contribution in [0.3, 0.4) is 0 Å². The number of hydrogen-bond acceptors (Lipinski definition) is 7. The maximum absolute atomic E-state index is 10.4. The number of nitrogen functional groups attached to an aromatic ring is 1. The van der Waals surface area contributed by atoms with Crippen LogP contribution in [-0.4, -0.2) is 48.0 Å². The number of nitrogens with zero attached hydrogens (tertiary/aromatic N) is 4. The molecule has 4 unspecified atom stereocenters. The van der Waals surface area contributed by atoms with E-state index in [2.05, 4.69) is 15.0 Å². The summed E-state index contributed by atoms with van der Waals surface area (Å²) < 4.78 is 7.51. The Bertz CT molecular complexity index is 869. The number of benzene rings is 1. The number of aryl methyl sites for hydroxylation is 1. The minimum absolute atomic E-state index is 0.261. The van der Waals surface area contributed by atoms with Crippen LogP contribution in [0.4, 0.5) is 5.82 Å². The van der Waals surface area contributed by atoms with Gasteiger partial charge in [-0.1, -0.05) is 30.3 Å². The SMILES string of the molecule is Nc1ncnc2c1ncn2C1OC(CCc2ccccc2)C(O)C1O. The van der Waals surface area contributed by atoms with Crippen molar-refractivity contribution in [3.63, 3.8) is 0 Å². The molecule has 2 aromatic heterocycles. The number of hydrogen-bond donors (Lipinski definition) is 3. The third-order valence-corrected chi connectivity index (χ3v) is 4.56. The van der Waals surface area contributed by atoms with E-state index in [-0.39, 0.29) is 5.82 Å². The number of anilines is 1. The van der Waals surface area contributed by atoms with Crippen LogP contribution >= 0.6 is 0 Å². The highest BCUT2D eigenvalue weighted by Gasteiger charge is 2.43. The molecular formula is C17H19N5O3. The second-order valence-electron chi connectivity index (χ2n) is 6.15. The lowest BCUT2D eigenvalue weighted by Gasteiger charge is -2.16. The van der Waals surface area contributed by atoms with Gasteiger partial charge in [-0.2, -0.15) is 0 Å². The van der Waals surface area contributed by atoms with Gasteiger partial charge in [0, 0.05) is 0 Å². The molecule has 4 atom stereocenters. The molecule has 8 nitrogen and oxygen atoms in total. The number of aliphatic hydroxyl groups is 2. The molecule has 0 radical (unpaired) electrons. The van der Waals surface area contributed by atoms with E-state index in [1.54, 1.807) is 4.57 Å². The van der Waals surface area contributed by atoms with Crippen molar-refractivity contribution in [3.05, 3.63) is 48.5 Å². The summed E-state index contributed by atoms with van der Waals surface area (Å²) in [6, 6.07) is 9.96. The summed E-state index contributed by atoms with van der Waals surface area (Å²) in [6.07, 6.45) is 0.882. The van der Waals surface area contributed by atoms with E-state index in [1.165, 1.54) is 12.7 Å². The summed E-state index contributed by atoms with van der Waals surface area (Å²) in [4.78, 5) is 12.2. The lowest BCUT2D eigenvalue weighted by atomic mass is 10.0. The first-order valence-electron chi connectivity index (χ1n) is 8.13. The highest BCUT2D eigenvalue weighted by molar-refractivity contribution is 5.81. The van der Waals surface area contributed by atoms with Crippen molar-refractivity contribution < 1.29 is 14.9 Å². The zero-order chi connectivity index (χ0) is 17.4. The smallest absolute Gasteiger partial charge is 0.167 e. The minimum atomic E-state index is -1.07. The monoisotopic (exact) mass is 341 g/mol. The summed E-state index contributed by atoms with van der Waals surface area (Å²) in [5.74, 6) is 0.261. The van der Waals surface area contributed by atoms with Gasteiger partial charge in [-0.25, -0.2) is 15.0 Å². The quantitative estimate of drug-likeness (QED) is 0.638. The van der Waals surface area contributed by atoms with Gasteiger partial charge in [0.2, 0.25) is 0 Å². The van der Waals surface area contributed by atoms with E-state index in [0.29, 0.717) is 17.6 Å². The molecule has 4 rings (SSSR count). The van der Waals surface area contributed by atoms with E-state index in [4.69, 9.17) is 10.5 Å². The molecule has 8 heteroatoms. The highest BCUT2D eigenvalue weighted by Crippen LogP contribution is 2.33. The summed E-state index contributed by atoms with van der Waals surface area (Å²) in [6.45, 7) is 0. The van der Waals surface area contributed by atoms with Gasteiger partial charge < -0.3 is 20.7 Å². The molecule has 0 bridgehead atoms. The molecule has 1 saturated heterocycles. The fourth-order valence-electron chi connectivity index (χ4n) is 3.21. The first kappa shape index (κ1) is 15.9. The molecule has 0 spiro atoms. The van der Waals surface area contributed by atoms with Crippen molar-refractivity contribution in [1.29, 1.82) is 0 Å². The van der Waals surface area contributed by atoms with Crippen molar-refractivity contribution in [2.75, 3.05) is 5.73 Å². The summed E-state index contributed by atoms with van der Waals surface area (Å²) in [5, 5.41) is 20.8. The number of nitrogens with two attached hydrogens (primary N) is 1. The van der Waals surface area contributed by atoms with E-state index in [0.717, 1.165) is 12.0 Å². The molecule has 0 saturated carbocycles. The van der Waals surface area contributed by atoms with Crippen LogP contribution in [0.1, 0.15) is 18.2 Å². The number of imidazole rings is 1. The normalized spacial score (nSPS) is 26.3. The van der Waals surface area contributed by atoms with Crippen LogP contribution < -0.4 is 5.73 Å². The van der Waals surface area contributed by atoms with Crippen molar-refractivity contribution in [2.45, 2.75) is 37.4 Å². The Kier molecular flexibility index (Phi) is 4.08. The lowest BCUT2D eigenvalue weighted by molar-refractivity contribution is -0.0367. The van der Waals surface area contributed by atoms with Crippen molar-refractivity contribution in [2.24, 2.45) is 0 Å². The summed E-state index contributed by atoms with van der Waals surface area (Å²) in [5.41, 5.74) is 7.86. The third kappa shape index (κ3) is 2.84. The Hall–Kier alpha value is -2.55. The largest absolute Gasteiger partial charge is 0.388 e. The van der Waals surface area contributed by atoms with Gasteiger partial charge in [-0.3, -0.25) is 4.57 Å². The summed E-state index contributed by atoms with van der Waals surface area (Å²) >= 11 is 0. The number of aliphatic hydroxyl groups excluding tert-OH is 2. The van der Waals surface area contributed by atoms with Crippen molar-refractivity contribution in [3.8, 4) is 0 Å². The molecule has 3 aromatic rings. The first-order chi connectivity index (χ1) is 12.1. The zero-order valence-corrected chi connectivity index (χ0v) is 13.4. The molecule has 4 N–H and O–H groups in total. The maximum Gasteiger partial charge on any atom is 0.167 e. The fraction of sp³-hybridized carbons (Fsp3) is 0.353. The van der Waals surface area contributed by atoms with E-state index in [9.17, 15) is 10.2 Å². The Morgan fingerprint density at radius 1 is 1.08 bits per heavy atom. The van der Waals surface area contributed by atoms with Gasteiger partial charge in [-0.15, -0.1) is 0 Å². The second-order valence-corrected chi connectivity index (χ2v) is 6.15. The average molecular weight is 341 g/mol. The van der Waals surface area contributed by atoms with Crippen LogP contribution in [0.2, 0.25) is 0 Å². The van der Waals surface area contributed by atoms with Gasteiger partial charge >= 0.3 is 0 Å². The topological polar surface area (TPSA) is 119 Å². The van der Waals surface area contributed by atoms with Gasteiger partial charge in [-0.05, 0) is 18.4 Å². The number of fused-ring (bicyclic) bond motifs is 1. The average Bonchev–Trinajstić information content (AvgIpc) is 3.18. The Morgan fingerprint density at radius 3 is 2.68 bits per heavy atom. The zero-order valence-electron chi connectivity index (χ0n) is 13.4. The fourth-order valence-corrected chi connectivity index (χ4v) is 3.21. The molecular weight excluding hydrogens is 322 g/mol. The molecule has 130 valence electrons. The molecule has 3 heterocycles. The standard InChI is InChI=1S/C17H19N5O3/c18-15-12-16(20-8-19-15)22(9-21-12)17-14(24)13(23)11(25-17)7-6-10-4-2-1-3-5-10/h1-5,8-9,11,13-14,17,23-24H,6-7H2,(H2,18,19,20). The molecule has 1 fully saturated rings. The predicted octanol–water partition coefficient (Wildman–Crippen LogP) is 0.660. The van der Waals surface area contributed by atoms with E-state index < -0.39 is 24.5 Å². The Morgan fingerprint density at radius 2 is 1.88 bits per heavy atom. The number of aromatic nitrogens is 4. The maximum atomic E-state index is 10.4. The van der Waals surface area contributed by atoms with Crippen molar-refractivity contribution in [1.82, 2.24) is 19.5 Å². The van der Waals surface area contributed by atoms with Gasteiger partial charge in [0.25, 0.3) is 0 Å². The van der Waals surface area contributed by atoms with Crippen LogP contribution in [0.25, 0.3) is 11.2 Å². The Balaban J connectivity index is 1.54. The Labute approximate surface area is 143 Å². The van der Waals surface area contributed by atoms with Crippen molar-refractivity contribution >= 4 is 17.0 Å². The van der Waals surface area contributed by atoms with Gasteiger partial charge in [0.05, 0.1) is 12.4 Å². The highest BCUT2D eigenvalue weighted by atomic mass is 16.6. The van der Waals surface area contributed by atoms with Crippen LogP contribution in [0.15, 0.2) is 43.0 Å². The molecule has 1 aliphatic rings.